The predicted molar refractivity (Wildman–Crippen MR) is 93.9 cm³/mol. The number of hydrogen-bond donors (Lipinski definition) is 1. The van der Waals surface area contributed by atoms with Crippen molar-refractivity contribution in [2.75, 3.05) is 27.2 Å². The van der Waals surface area contributed by atoms with Gasteiger partial charge in [-0.1, -0.05) is 19.1 Å². The third kappa shape index (κ3) is 3.33. The fraction of sp³-hybridized carbons (Fsp3) is 0.500. The molecule has 1 aromatic heterocycles. The van der Waals surface area contributed by atoms with Gasteiger partial charge in [0.2, 0.25) is 5.91 Å². The number of likely N-dealkylation sites (N-methyl/N-ethyl adjacent to an activating group) is 1. The van der Waals surface area contributed by atoms with Crippen molar-refractivity contribution in [2.24, 2.45) is 5.92 Å². The fourth-order valence-corrected chi connectivity index (χ4v) is 3.46. The summed E-state index contributed by atoms with van der Waals surface area (Å²) in [5.41, 5.74) is 0.525. The Labute approximate surface area is 141 Å². The summed E-state index contributed by atoms with van der Waals surface area (Å²) in [5, 5.41) is 0.578. The van der Waals surface area contributed by atoms with Crippen LogP contribution in [0.15, 0.2) is 29.1 Å². The molecule has 0 radical (unpaired) electrons. The predicted octanol–water partition coefficient (Wildman–Crippen LogP) is 1.26. The number of hydrogen-bond acceptors (Lipinski definition) is 4. The maximum Gasteiger partial charge on any atom is 0.258 e. The monoisotopic (exact) mass is 328 g/mol. The van der Waals surface area contributed by atoms with Crippen LogP contribution in [0.25, 0.3) is 10.9 Å². The van der Waals surface area contributed by atoms with Crippen LogP contribution in [0, 0.1) is 5.92 Å². The molecule has 1 amide bonds. The quantitative estimate of drug-likeness (QED) is 0.917. The highest BCUT2D eigenvalue weighted by molar-refractivity contribution is 5.78. The van der Waals surface area contributed by atoms with E-state index in [4.69, 9.17) is 0 Å². The lowest BCUT2D eigenvalue weighted by Crippen LogP contribution is -2.35. The Morgan fingerprint density at radius 3 is 2.79 bits per heavy atom. The van der Waals surface area contributed by atoms with Crippen LogP contribution >= 0.6 is 0 Å². The zero-order chi connectivity index (χ0) is 17.3. The van der Waals surface area contributed by atoms with Gasteiger partial charge in [0.25, 0.3) is 5.56 Å². The van der Waals surface area contributed by atoms with Gasteiger partial charge in [-0.3, -0.25) is 9.59 Å². The van der Waals surface area contributed by atoms with Gasteiger partial charge in [-0.15, -0.1) is 0 Å². The fourth-order valence-electron chi connectivity index (χ4n) is 3.46. The number of rotatable bonds is 4. The number of H-pyrrole nitrogens is 1. The first-order chi connectivity index (χ1) is 11.5. The van der Waals surface area contributed by atoms with Gasteiger partial charge in [-0.05, 0) is 32.1 Å². The Morgan fingerprint density at radius 2 is 2.08 bits per heavy atom. The van der Waals surface area contributed by atoms with E-state index in [-0.39, 0.29) is 11.5 Å². The lowest BCUT2D eigenvalue weighted by Gasteiger charge is -2.22. The smallest absolute Gasteiger partial charge is 0.258 e. The van der Waals surface area contributed by atoms with Crippen LogP contribution in [0.1, 0.15) is 19.2 Å². The highest BCUT2D eigenvalue weighted by atomic mass is 16.2. The molecule has 1 aromatic carbocycles. The first-order valence-corrected chi connectivity index (χ1v) is 8.38. The van der Waals surface area contributed by atoms with Crippen molar-refractivity contribution >= 4 is 16.8 Å². The van der Waals surface area contributed by atoms with Gasteiger partial charge in [0.1, 0.15) is 5.82 Å². The Morgan fingerprint density at radius 1 is 1.33 bits per heavy atom. The molecule has 1 fully saturated rings. The van der Waals surface area contributed by atoms with E-state index in [1.165, 1.54) is 0 Å². The second-order valence-electron chi connectivity index (χ2n) is 6.84. The number of carbonyl (C=O) groups excluding carboxylic acids is 1. The number of likely N-dealkylation sites (tertiary alicyclic amines) is 1. The topological polar surface area (TPSA) is 69.3 Å². The minimum atomic E-state index is -0.148. The molecule has 2 heterocycles. The summed E-state index contributed by atoms with van der Waals surface area (Å²) < 4.78 is 0. The molecule has 0 spiro atoms. The van der Waals surface area contributed by atoms with Crippen molar-refractivity contribution in [3.8, 4) is 0 Å². The summed E-state index contributed by atoms with van der Waals surface area (Å²) in [4.78, 5) is 35.9. The molecule has 3 rings (SSSR count). The van der Waals surface area contributed by atoms with Crippen molar-refractivity contribution in [3.63, 3.8) is 0 Å². The standard InChI is InChI=1S/C18H24N4O2/c1-12-10-22(11-15(12)21(2)3)17(23)9-8-16-19-14-7-5-4-6-13(14)18(24)20-16/h4-7,12,15H,8-11H2,1-3H3,(H,19,20,24)/t12-,15-/m1/s1. The number of aromatic amines is 1. The number of fused-ring (bicyclic) bond motifs is 1. The lowest BCUT2D eigenvalue weighted by molar-refractivity contribution is -0.130. The van der Waals surface area contributed by atoms with E-state index >= 15 is 0 Å². The Kier molecular flexibility index (Phi) is 4.66. The second-order valence-corrected chi connectivity index (χ2v) is 6.84. The maximum atomic E-state index is 12.5. The van der Waals surface area contributed by atoms with Crippen molar-refractivity contribution in [1.29, 1.82) is 0 Å². The first kappa shape index (κ1) is 16.6. The molecular formula is C18H24N4O2. The van der Waals surface area contributed by atoms with E-state index in [0.717, 1.165) is 13.1 Å². The van der Waals surface area contributed by atoms with Crippen LogP contribution in [0.2, 0.25) is 0 Å². The van der Waals surface area contributed by atoms with Gasteiger partial charge in [0.05, 0.1) is 10.9 Å². The van der Waals surface area contributed by atoms with E-state index in [0.29, 0.717) is 41.5 Å². The van der Waals surface area contributed by atoms with Crippen LogP contribution < -0.4 is 5.56 Å². The largest absolute Gasteiger partial charge is 0.341 e. The number of amides is 1. The second kappa shape index (κ2) is 6.73. The molecule has 1 saturated heterocycles. The number of aryl methyl sites for hydroxylation is 1. The van der Waals surface area contributed by atoms with Crippen molar-refractivity contribution in [3.05, 3.63) is 40.4 Å². The molecular weight excluding hydrogens is 304 g/mol. The van der Waals surface area contributed by atoms with E-state index < -0.39 is 0 Å². The SMILES string of the molecule is C[C@@H]1CN(C(=O)CCc2nc3ccccc3c(=O)[nH]2)C[C@H]1N(C)C. The van der Waals surface area contributed by atoms with Crippen LogP contribution in [-0.2, 0) is 11.2 Å². The third-order valence-electron chi connectivity index (χ3n) is 4.83. The van der Waals surface area contributed by atoms with Crippen LogP contribution in [0.5, 0.6) is 0 Å². The zero-order valence-electron chi connectivity index (χ0n) is 14.5. The van der Waals surface area contributed by atoms with Crippen molar-refractivity contribution in [2.45, 2.75) is 25.8 Å². The first-order valence-electron chi connectivity index (χ1n) is 8.38. The van der Waals surface area contributed by atoms with Crippen LogP contribution in [0.3, 0.4) is 0 Å². The summed E-state index contributed by atoms with van der Waals surface area (Å²) in [6, 6.07) is 7.66. The molecule has 0 saturated carbocycles. The summed E-state index contributed by atoms with van der Waals surface area (Å²) in [6.45, 7) is 3.75. The molecule has 0 unspecified atom stereocenters. The molecule has 24 heavy (non-hydrogen) atoms. The summed E-state index contributed by atoms with van der Waals surface area (Å²) >= 11 is 0. The summed E-state index contributed by atoms with van der Waals surface area (Å²) in [5.74, 6) is 1.17. The normalized spacial score (nSPS) is 20.9. The van der Waals surface area contributed by atoms with Crippen LogP contribution in [0.4, 0.5) is 0 Å². The molecule has 6 nitrogen and oxygen atoms in total. The van der Waals surface area contributed by atoms with Crippen molar-refractivity contribution in [1.82, 2.24) is 19.8 Å². The number of nitrogens with zero attached hydrogens (tertiary/aromatic N) is 3. The molecule has 128 valence electrons. The van der Waals surface area contributed by atoms with E-state index in [2.05, 4.69) is 35.9 Å². The van der Waals surface area contributed by atoms with Gasteiger partial charge in [-0.2, -0.15) is 0 Å². The molecule has 2 aromatic rings. The van der Waals surface area contributed by atoms with Crippen LogP contribution in [-0.4, -0.2) is 58.9 Å². The van der Waals surface area contributed by atoms with Gasteiger partial charge < -0.3 is 14.8 Å². The molecule has 0 bridgehead atoms. The molecule has 6 heteroatoms. The summed E-state index contributed by atoms with van der Waals surface area (Å²) in [6.07, 6.45) is 0.824. The Bertz CT molecular complexity index is 799. The van der Waals surface area contributed by atoms with Gasteiger partial charge in [0.15, 0.2) is 0 Å². The highest BCUT2D eigenvalue weighted by Crippen LogP contribution is 2.20. The van der Waals surface area contributed by atoms with E-state index in [9.17, 15) is 9.59 Å². The Hall–Kier alpha value is -2.21. The average Bonchev–Trinajstić information content (AvgIpc) is 2.95. The minimum Gasteiger partial charge on any atom is -0.341 e. The molecule has 2 atom stereocenters. The highest BCUT2D eigenvalue weighted by Gasteiger charge is 2.33. The van der Waals surface area contributed by atoms with Gasteiger partial charge >= 0.3 is 0 Å². The number of carbonyl (C=O) groups is 1. The van der Waals surface area contributed by atoms with Gasteiger partial charge in [0, 0.05) is 32.0 Å². The van der Waals surface area contributed by atoms with E-state index in [1.54, 1.807) is 6.07 Å². The Balaban J connectivity index is 1.66. The number of para-hydroxylation sites is 1. The average molecular weight is 328 g/mol. The number of benzene rings is 1. The van der Waals surface area contributed by atoms with Gasteiger partial charge in [-0.25, -0.2) is 4.98 Å². The summed E-state index contributed by atoms with van der Waals surface area (Å²) in [7, 11) is 4.11. The van der Waals surface area contributed by atoms with E-state index in [1.807, 2.05) is 23.1 Å². The van der Waals surface area contributed by atoms with Crippen molar-refractivity contribution < 1.29 is 4.79 Å². The minimum absolute atomic E-state index is 0.127. The zero-order valence-corrected chi connectivity index (χ0v) is 14.5. The number of aromatic nitrogens is 2. The number of nitrogens with one attached hydrogen (secondary N) is 1. The maximum absolute atomic E-state index is 12.5. The third-order valence-corrected chi connectivity index (χ3v) is 4.83. The molecule has 1 N–H and O–H groups in total. The molecule has 1 aliphatic heterocycles. The lowest BCUT2D eigenvalue weighted by atomic mass is 10.1. The molecule has 1 aliphatic rings. The molecule has 0 aliphatic carbocycles.